The number of rotatable bonds is 5. The van der Waals surface area contributed by atoms with Crippen LogP contribution in [0.15, 0.2) is 48.5 Å². The first-order chi connectivity index (χ1) is 10.7. The lowest BCUT2D eigenvalue weighted by atomic mass is 10.1. The molecule has 0 spiro atoms. The Morgan fingerprint density at radius 1 is 1.14 bits per heavy atom. The highest BCUT2D eigenvalue weighted by atomic mass is 35.5. The van der Waals surface area contributed by atoms with E-state index in [-0.39, 0.29) is 18.4 Å². The quantitative estimate of drug-likeness (QED) is 0.890. The molecule has 2 unspecified atom stereocenters. The number of aliphatic hydroxyl groups excluding tert-OH is 1. The number of carbonyl (C=O) groups is 1. The third-order valence-corrected chi connectivity index (χ3v) is 4.42. The van der Waals surface area contributed by atoms with Gasteiger partial charge in [0, 0.05) is 17.5 Å². The number of aliphatic hydroxyl groups is 1. The molecule has 1 aliphatic carbocycles. The second kappa shape index (κ2) is 6.51. The second-order valence-corrected chi connectivity index (χ2v) is 6.08. The normalized spacial score (nSPS) is 19.7. The Morgan fingerprint density at radius 3 is 2.50 bits per heavy atom. The van der Waals surface area contributed by atoms with Gasteiger partial charge in [0.2, 0.25) is 5.91 Å². The van der Waals surface area contributed by atoms with Gasteiger partial charge in [-0.15, -0.1) is 0 Å². The maximum absolute atomic E-state index is 12.2. The first-order valence-corrected chi connectivity index (χ1v) is 7.77. The molecule has 1 saturated carbocycles. The van der Waals surface area contributed by atoms with Crippen molar-refractivity contribution in [1.82, 2.24) is 5.32 Å². The van der Waals surface area contributed by atoms with E-state index in [0.29, 0.717) is 17.5 Å². The van der Waals surface area contributed by atoms with E-state index >= 15 is 0 Å². The van der Waals surface area contributed by atoms with Crippen LogP contribution in [0.1, 0.15) is 29.0 Å². The molecule has 0 saturated heterocycles. The van der Waals surface area contributed by atoms with Crippen molar-refractivity contribution in [2.24, 2.45) is 5.92 Å². The molecule has 2 N–H and O–H groups in total. The molecule has 22 heavy (non-hydrogen) atoms. The standard InChI is InChI=1S/C18H18ClNO2/c19-15-7-5-12(6-8-15)16-9-17(16)18(22)20-10-13-3-1-2-4-14(13)11-21/h1-8,16-17,21H,9-11H2,(H,20,22). The number of benzene rings is 2. The van der Waals surface area contributed by atoms with E-state index in [1.165, 1.54) is 5.56 Å². The molecule has 0 radical (unpaired) electrons. The van der Waals surface area contributed by atoms with E-state index in [2.05, 4.69) is 5.32 Å². The van der Waals surface area contributed by atoms with Gasteiger partial charge >= 0.3 is 0 Å². The maximum atomic E-state index is 12.2. The van der Waals surface area contributed by atoms with Crippen molar-refractivity contribution in [3.63, 3.8) is 0 Å². The minimum Gasteiger partial charge on any atom is -0.392 e. The van der Waals surface area contributed by atoms with Crippen LogP contribution in [0.4, 0.5) is 0 Å². The van der Waals surface area contributed by atoms with Crippen molar-refractivity contribution in [2.75, 3.05) is 0 Å². The first kappa shape index (κ1) is 15.1. The highest BCUT2D eigenvalue weighted by Gasteiger charge is 2.43. The maximum Gasteiger partial charge on any atom is 0.224 e. The first-order valence-electron chi connectivity index (χ1n) is 7.40. The van der Waals surface area contributed by atoms with E-state index in [1.807, 2.05) is 48.5 Å². The Bertz CT molecular complexity index is 669. The summed E-state index contributed by atoms with van der Waals surface area (Å²) >= 11 is 5.88. The largest absolute Gasteiger partial charge is 0.392 e. The van der Waals surface area contributed by atoms with Gasteiger partial charge in [0.05, 0.1) is 6.61 Å². The lowest BCUT2D eigenvalue weighted by molar-refractivity contribution is -0.122. The molecule has 114 valence electrons. The molecule has 0 heterocycles. The Labute approximate surface area is 134 Å². The summed E-state index contributed by atoms with van der Waals surface area (Å²) in [7, 11) is 0. The van der Waals surface area contributed by atoms with Crippen LogP contribution in [0, 0.1) is 5.92 Å². The van der Waals surface area contributed by atoms with E-state index in [4.69, 9.17) is 11.6 Å². The molecular formula is C18H18ClNO2. The third kappa shape index (κ3) is 3.32. The molecule has 1 aliphatic rings. The molecule has 3 rings (SSSR count). The molecule has 2 aromatic carbocycles. The Morgan fingerprint density at radius 2 is 1.82 bits per heavy atom. The van der Waals surface area contributed by atoms with Crippen molar-refractivity contribution in [1.29, 1.82) is 0 Å². The molecule has 0 aliphatic heterocycles. The Kier molecular flexibility index (Phi) is 4.46. The highest BCUT2D eigenvalue weighted by molar-refractivity contribution is 6.30. The molecule has 0 aromatic heterocycles. The van der Waals surface area contributed by atoms with Crippen LogP contribution in [0.25, 0.3) is 0 Å². The molecule has 1 fully saturated rings. The van der Waals surface area contributed by atoms with Crippen LogP contribution in [-0.4, -0.2) is 11.0 Å². The molecule has 2 atom stereocenters. The van der Waals surface area contributed by atoms with Crippen LogP contribution < -0.4 is 5.32 Å². The van der Waals surface area contributed by atoms with Crippen molar-refractivity contribution < 1.29 is 9.90 Å². The predicted molar refractivity (Wildman–Crippen MR) is 86.5 cm³/mol. The fourth-order valence-corrected chi connectivity index (χ4v) is 2.89. The molecule has 3 nitrogen and oxygen atoms in total. The van der Waals surface area contributed by atoms with Gasteiger partial charge in [0.1, 0.15) is 0 Å². The monoisotopic (exact) mass is 315 g/mol. The number of halogens is 1. The van der Waals surface area contributed by atoms with E-state index in [9.17, 15) is 9.90 Å². The van der Waals surface area contributed by atoms with Gasteiger partial charge in [-0.3, -0.25) is 4.79 Å². The van der Waals surface area contributed by atoms with Crippen molar-refractivity contribution >= 4 is 17.5 Å². The fourth-order valence-electron chi connectivity index (χ4n) is 2.76. The molecule has 4 heteroatoms. The summed E-state index contributed by atoms with van der Waals surface area (Å²) in [5, 5.41) is 13.0. The summed E-state index contributed by atoms with van der Waals surface area (Å²) in [5.74, 6) is 0.417. The summed E-state index contributed by atoms with van der Waals surface area (Å²) in [5.41, 5.74) is 2.98. The summed E-state index contributed by atoms with van der Waals surface area (Å²) < 4.78 is 0. The zero-order chi connectivity index (χ0) is 15.5. The minimum absolute atomic E-state index is 0.0110. The predicted octanol–water partition coefficient (Wildman–Crippen LogP) is 3.25. The third-order valence-electron chi connectivity index (χ3n) is 4.17. The molecule has 1 amide bonds. The molecule has 2 aromatic rings. The van der Waals surface area contributed by atoms with Gasteiger partial charge in [-0.2, -0.15) is 0 Å². The zero-order valence-electron chi connectivity index (χ0n) is 12.1. The summed E-state index contributed by atoms with van der Waals surface area (Å²) in [6, 6.07) is 15.3. The zero-order valence-corrected chi connectivity index (χ0v) is 12.9. The van der Waals surface area contributed by atoms with Crippen molar-refractivity contribution in [2.45, 2.75) is 25.5 Å². The fraction of sp³-hybridized carbons (Fsp3) is 0.278. The number of hydrogen-bond acceptors (Lipinski definition) is 2. The SMILES string of the molecule is O=C(NCc1ccccc1CO)C1CC1c1ccc(Cl)cc1. The summed E-state index contributed by atoms with van der Waals surface area (Å²) in [4.78, 5) is 12.2. The van der Waals surface area contributed by atoms with Gasteiger partial charge in [-0.1, -0.05) is 48.0 Å². The van der Waals surface area contributed by atoms with Crippen molar-refractivity contribution in [3.05, 3.63) is 70.2 Å². The lowest BCUT2D eigenvalue weighted by Gasteiger charge is -2.09. The number of amides is 1. The van der Waals surface area contributed by atoms with Gasteiger partial charge in [0.15, 0.2) is 0 Å². The minimum atomic E-state index is -0.0110. The van der Waals surface area contributed by atoms with E-state index in [0.717, 1.165) is 17.5 Å². The second-order valence-electron chi connectivity index (χ2n) is 5.64. The summed E-state index contributed by atoms with van der Waals surface area (Å²) in [6.45, 7) is 0.447. The highest BCUT2D eigenvalue weighted by Crippen LogP contribution is 2.47. The number of hydrogen-bond donors (Lipinski definition) is 2. The Balaban J connectivity index is 1.56. The van der Waals surface area contributed by atoms with Gasteiger partial charge in [-0.05, 0) is 41.2 Å². The van der Waals surface area contributed by atoms with E-state index < -0.39 is 0 Å². The van der Waals surface area contributed by atoms with Crippen molar-refractivity contribution in [3.8, 4) is 0 Å². The molecular weight excluding hydrogens is 298 g/mol. The van der Waals surface area contributed by atoms with Crippen LogP contribution in [-0.2, 0) is 17.9 Å². The number of carbonyl (C=O) groups excluding carboxylic acids is 1. The lowest BCUT2D eigenvalue weighted by Crippen LogP contribution is -2.25. The van der Waals surface area contributed by atoms with Crippen LogP contribution >= 0.6 is 11.6 Å². The van der Waals surface area contributed by atoms with E-state index in [1.54, 1.807) is 0 Å². The van der Waals surface area contributed by atoms with Gasteiger partial charge < -0.3 is 10.4 Å². The Hall–Kier alpha value is -1.84. The van der Waals surface area contributed by atoms with Crippen LogP contribution in [0.3, 0.4) is 0 Å². The van der Waals surface area contributed by atoms with Gasteiger partial charge in [-0.25, -0.2) is 0 Å². The summed E-state index contributed by atoms with van der Waals surface area (Å²) in [6.07, 6.45) is 0.884. The van der Waals surface area contributed by atoms with Crippen LogP contribution in [0.2, 0.25) is 5.02 Å². The number of nitrogens with one attached hydrogen (secondary N) is 1. The smallest absolute Gasteiger partial charge is 0.224 e. The average Bonchev–Trinajstić information content (AvgIpc) is 3.34. The molecule has 0 bridgehead atoms. The van der Waals surface area contributed by atoms with Gasteiger partial charge in [0.25, 0.3) is 0 Å². The topological polar surface area (TPSA) is 49.3 Å². The average molecular weight is 316 g/mol. The van der Waals surface area contributed by atoms with Crippen LogP contribution in [0.5, 0.6) is 0 Å².